The van der Waals surface area contributed by atoms with Crippen molar-refractivity contribution in [3.8, 4) is 0 Å². The van der Waals surface area contributed by atoms with E-state index >= 15 is 0 Å². The zero-order valence-electron chi connectivity index (χ0n) is 7.74. The molecule has 1 aromatic rings. The van der Waals surface area contributed by atoms with Crippen LogP contribution in [-0.2, 0) is 4.84 Å². The largest absolute Gasteiger partial charge is 0.307 e. The highest BCUT2D eigenvalue weighted by Crippen LogP contribution is 2.26. The van der Waals surface area contributed by atoms with Crippen LogP contribution in [0.1, 0.15) is 18.6 Å². The second-order valence-electron chi connectivity index (χ2n) is 2.86. The van der Waals surface area contributed by atoms with Crippen LogP contribution in [-0.4, -0.2) is 4.92 Å². The molecule has 82 valence electrons. The third-order valence-corrected chi connectivity index (χ3v) is 1.90. The van der Waals surface area contributed by atoms with E-state index in [1.807, 2.05) is 0 Å². The SMILES string of the molecule is CC(ON)c1cc(F)c([N+](=O)[O-])cc1F. The molecule has 0 saturated carbocycles. The molecule has 0 aliphatic heterocycles. The average molecular weight is 218 g/mol. The lowest BCUT2D eigenvalue weighted by atomic mass is 10.1. The van der Waals surface area contributed by atoms with Gasteiger partial charge in [0.1, 0.15) is 11.9 Å². The van der Waals surface area contributed by atoms with Gasteiger partial charge in [-0.05, 0) is 13.0 Å². The molecule has 1 rings (SSSR count). The summed E-state index contributed by atoms with van der Waals surface area (Å²) in [4.78, 5) is 13.6. The monoisotopic (exact) mass is 218 g/mol. The molecular weight excluding hydrogens is 210 g/mol. The van der Waals surface area contributed by atoms with Gasteiger partial charge in [-0.2, -0.15) is 4.39 Å². The highest BCUT2D eigenvalue weighted by Gasteiger charge is 2.21. The van der Waals surface area contributed by atoms with E-state index in [1.54, 1.807) is 0 Å². The van der Waals surface area contributed by atoms with E-state index in [1.165, 1.54) is 6.92 Å². The minimum Gasteiger partial charge on any atom is -0.297 e. The average Bonchev–Trinajstić information content (AvgIpc) is 2.19. The molecule has 7 heteroatoms. The van der Waals surface area contributed by atoms with Crippen molar-refractivity contribution in [3.05, 3.63) is 39.4 Å². The minimum atomic E-state index is -1.12. The zero-order chi connectivity index (χ0) is 11.6. The summed E-state index contributed by atoms with van der Waals surface area (Å²) in [6, 6.07) is 1.20. The van der Waals surface area contributed by atoms with Crippen molar-refractivity contribution < 1.29 is 18.5 Å². The number of halogens is 2. The molecule has 5 nitrogen and oxygen atoms in total. The van der Waals surface area contributed by atoms with Crippen LogP contribution in [0.25, 0.3) is 0 Å². The Morgan fingerprint density at radius 3 is 2.53 bits per heavy atom. The molecule has 0 aromatic heterocycles. The van der Waals surface area contributed by atoms with Crippen molar-refractivity contribution in [2.24, 2.45) is 5.90 Å². The van der Waals surface area contributed by atoms with E-state index in [0.717, 1.165) is 0 Å². The molecule has 0 bridgehead atoms. The molecule has 0 fully saturated rings. The van der Waals surface area contributed by atoms with Gasteiger partial charge in [-0.3, -0.25) is 15.0 Å². The van der Waals surface area contributed by atoms with Gasteiger partial charge < -0.3 is 0 Å². The highest BCUT2D eigenvalue weighted by molar-refractivity contribution is 5.37. The topological polar surface area (TPSA) is 78.4 Å². The van der Waals surface area contributed by atoms with E-state index in [-0.39, 0.29) is 5.56 Å². The van der Waals surface area contributed by atoms with Crippen molar-refractivity contribution in [2.75, 3.05) is 0 Å². The van der Waals surface area contributed by atoms with Crippen LogP contribution in [0.4, 0.5) is 14.5 Å². The lowest BCUT2D eigenvalue weighted by Gasteiger charge is -2.09. The lowest BCUT2D eigenvalue weighted by Crippen LogP contribution is -2.08. The first kappa shape index (κ1) is 11.5. The minimum absolute atomic E-state index is 0.166. The maximum atomic E-state index is 13.2. The number of nitrogens with zero attached hydrogens (tertiary/aromatic N) is 1. The van der Waals surface area contributed by atoms with E-state index < -0.39 is 28.3 Å². The smallest absolute Gasteiger partial charge is 0.297 e. The van der Waals surface area contributed by atoms with Crippen LogP contribution in [0.2, 0.25) is 0 Å². The fourth-order valence-corrected chi connectivity index (χ4v) is 1.08. The van der Waals surface area contributed by atoms with Crippen molar-refractivity contribution in [2.45, 2.75) is 13.0 Å². The van der Waals surface area contributed by atoms with Gasteiger partial charge in [-0.15, -0.1) is 0 Å². The van der Waals surface area contributed by atoms with E-state index in [4.69, 9.17) is 5.90 Å². The van der Waals surface area contributed by atoms with Crippen LogP contribution >= 0.6 is 0 Å². The fourth-order valence-electron chi connectivity index (χ4n) is 1.08. The second kappa shape index (κ2) is 4.28. The van der Waals surface area contributed by atoms with Gasteiger partial charge in [0.25, 0.3) is 0 Å². The fraction of sp³-hybridized carbons (Fsp3) is 0.250. The van der Waals surface area contributed by atoms with Gasteiger partial charge in [-0.1, -0.05) is 0 Å². The summed E-state index contributed by atoms with van der Waals surface area (Å²) in [5, 5.41) is 10.3. The molecule has 1 aromatic carbocycles. The summed E-state index contributed by atoms with van der Waals surface area (Å²) in [6.45, 7) is 1.39. The van der Waals surface area contributed by atoms with Gasteiger partial charge in [0.05, 0.1) is 11.0 Å². The Labute approximate surface area is 83.6 Å². The molecule has 1 unspecified atom stereocenters. The standard InChI is InChI=1S/C8H8F2N2O3/c1-4(15-11)5-2-7(10)8(12(13)14)3-6(5)9/h2-4H,11H2,1H3. The van der Waals surface area contributed by atoms with Crippen molar-refractivity contribution in [3.63, 3.8) is 0 Å². The first-order valence-corrected chi connectivity index (χ1v) is 3.96. The van der Waals surface area contributed by atoms with E-state index in [2.05, 4.69) is 4.84 Å². The number of nitro groups is 1. The molecule has 0 radical (unpaired) electrons. The van der Waals surface area contributed by atoms with Crippen LogP contribution in [0.3, 0.4) is 0 Å². The molecule has 0 aliphatic rings. The molecule has 2 N–H and O–H groups in total. The molecule has 0 amide bonds. The summed E-state index contributed by atoms with van der Waals surface area (Å²) in [7, 11) is 0. The van der Waals surface area contributed by atoms with Gasteiger partial charge in [0.2, 0.25) is 5.82 Å². The predicted molar refractivity (Wildman–Crippen MR) is 46.7 cm³/mol. The Morgan fingerprint density at radius 2 is 2.07 bits per heavy atom. The second-order valence-corrected chi connectivity index (χ2v) is 2.86. The number of hydrogen-bond acceptors (Lipinski definition) is 4. The molecule has 15 heavy (non-hydrogen) atoms. The van der Waals surface area contributed by atoms with Gasteiger partial charge in [-0.25, -0.2) is 10.3 Å². The van der Waals surface area contributed by atoms with E-state index in [9.17, 15) is 18.9 Å². The molecule has 0 spiro atoms. The maximum absolute atomic E-state index is 13.2. The number of nitro benzene ring substituents is 1. The summed E-state index contributed by atoms with van der Waals surface area (Å²) in [6.07, 6.45) is -0.875. The summed E-state index contributed by atoms with van der Waals surface area (Å²) < 4.78 is 26.3. The normalized spacial score (nSPS) is 12.5. The Morgan fingerprint density at radius 1 is 1.47 bits per heavy atom. The van der Waals surface area contributed by atoms with Crippen LogP contribution in [0.5, 0.6) is 0 Å². The Balaban J connectivity index is 3.25. The number of nitrogens with two attached hydrogens (primary N) is 1. The zero-order valence-corrected chi connectivity index (χ0v) is 7.74. The summed E-state index contributed by atoms with van der Waals surface area (Å²) in [5.41, 5.74) is -1.08. The first-order valence-electron chi connectivity index (χ1n) is 3.96. The highest BCUT2D eigenvalue weighted by atomic mass is 19.1. The van der Waals surface area contributed by atoms with Gasteiger partial charge in [0.15, 0.2) is 0 Å². The number of hydrogen-bond donors (Lipinski definition) is 1. The van der Waals surface area contributed by atoms with Gasteiger partial charge >= 0.3 is 5.69 Å². The number of benzene rings is 1. The van der Waals surface area contributed by atoms with E-state index in [0.29, 0.717) is 12.1 Å². The molecule has 1 atom stereocenters. The molecule has 0 heterocycles. The van der Waals surface area contributed by atoms with Crippen LogP contribution in [0, 0.1) is 21.7 Å². The van der Waals surface area contributed by atoms with Crippen molar-refractivity contribution in [1.82, 2.24) is 0 Å². The lowest BCUT2D eigenvalue weighted by molar-refractivity contribution is -0.387. The third-order valence-electron chi connectivity index (χ3n) is 1.90. The molecule has 0 aliphatic carbocycles. The van der Waals surface area contributed by atoms with Crippen molar-refractivity contribution in [1.29, 1.82) is 0 Å². The van der Waals surface area contributed by atoms with Crippen LogP contribution < -0.4 is 5.90 Å². The third kappa shape index (κ3) is 2.25. The quantitative estimate of drug-likeness (QED) is 0.620. The molecule has 0 saturated heterocycles. The first-order chi connectivity index (χ1) is 6.97. The Kier molecular flexibility index (Phi) is 3.28. The van der Waals surface area contributed by atoms with Crippen LogP contribution in [0.15, 0.2) is 12.1 Å². The molecular formula is C8H8F2N2O3. The maximum Gasteiger partial charge on any atom is 0.307 e. The summed E-state index contributed by atoms with van der Waals surface area (Å²) in [5.74, 6) is 2.74. The van der Waals surface area contributed by atoms with Gasteiger partial charge in [0, 0.05) is 5.56 Å². The predicted octanol–water partition coefficient (Wildman–Crippen LogP) is 1.82. The Hall–Kier alpha value is -1.60. The Bertz CT molecular complexity index is 398. The van der Waals surface area contributed by atoms with Crippen molar-refractivity contribution >= 4 is 5.69 Å². The number of rotatable bonds is 3. The summed E-state index contributed by atoms with van der Waals surface area (Å²) >= 11 is 0.